The number of rotatable bonds is 5. The van der Waals surface area contributed by atoms with E-state index in [1.54, 1.807) is 36.4 Å². The molecule has 0 amide bonds. The average molecular weight is 382 g/mol. The Hall–Kier alpha value is -2.12. The number of hydrogen-bond acceptors (Lipinski definition) is 3. The monoisotopic (exact) mass is 381 g/mol. The van der Waals surface area contributed by atoms with Crippen molar-refractivity contribution in [3.63, 3.8) is 0 Å². The first-order chi connectivity index (χ1) is 10.4. The van der Waals surface area contributed by atoms with Crippen molar-refractivity contribution in [2.75, 3.05) is 4.72 Å². The fourth-order valence-electron chi connectivity index (χ4n) is 1.72. The lowest BCUT2D eigenvalue weighted by atomic mass is 10.2. The minimum Gasteiger partial charge on any atom is -0.478 e. The molecule has 0 saturated heterocycles. The lowest BCUT2D eigenvalue weighted by Crippen LogP contribution is -2.12. The van der Waals surface area contributed by atoms with Gasteiger partial charge >= 0.3 is 5.97 Å². The zero-order valence-electron chi connectivity index (χ0n) is 11.2. The van der Waals surface area contributed by atoms with Crippen LogP contribution in [0.3, 0.4) is 0 Å². The molecule has 7 heteroatoms. The Labute approximate surface area is 136 Å². The summed E-state index contributed by atoms with van der Waals surface area (Å²) in [4.78, 5) is 10.6. The molecule has 0 radical (unpaired) electrons. The predicted molar refractivity (Wildman–Crippen MR) is 88.1 cm³/mol. The number of anilines is 1. The largest absolute Gasteiger partial charge is 0.478 e. The van der Waals surface area contributed by atoms with Crippen LogP contribution in [0, 0.1) is 0 Å². The molecule has 2 N–H and O–H groups in total. The summed E-state index contributed by atoms with van der Waals surface area (Å²) >= 11 is 3.27. The molecule has 0 aliphatic rings. The summed E-state index contributed by atoms with van der Waals surface area (Å²) < 4.78 is 27.9. The molecule has 0 spiro atoms. The number of carbonyl (C=O) groups is 1. The van der Waals surface area contributed by atoms with Crippen LogP contribution >= 0.6 is 15.9 Å². The molecule has 22 heavy (non-hydrogen) atoms. The fourth-order valence-corrected chi connectivity index (χ4v) is 3.22. The quantitative estimate of drug-likeness (QED) is 0.777. The maximum absolute atomic E-state index is 12.3. The summed E-state index contributed by atoms with van der Waals surface area (Å²) in [5.74, 6) is -1.10. The van der Waals surface area contributed by atoms with E-state index in [0.29, 0.717) is 11.3 Å². The number of benzene rings is 2. The van der Waals surface area contributed by atoms with Crippen molar-refractivity contribution in [1.82, 2.24) is 0 Å². The second-order valence-electron chi connectivity index (χ2n) is 4.36. The van der Waals surface area contributed by atoms with E-state index in [4.69, 9.17) is 5.11 Å². The van der Waals surface area contributed by atoms with Gasteiger partial charge in [-0.25, -0.2) is 13.2 Å². The number of aliphatic carboxylic acids is 1. The lowest BCUT2D eigenvalue weighted by molar-refractivity contribution is -0.131. The smallest absolute Gasteiger partial charge is 0.328 e. The number of nitrogens with one attached hydrogen (secondary N) is 1. The molecule has 2 rings (SSSR count). The Bertz CT molecular complexity index is 831. The zero-order valence-corrected chi connectivity index (χ0v) is 13.6. The van der Waals surface area contributed by atoms with Gasteiger partial charge in [-0.2, -0.15) is 0 Å². The first kappa shape index (κ1) is 16.3. The van der Waals surface area contributed by atoms with E-state index >= 15 is 0 Å². The van der Waals surface area contributed by atoms with Crippen LogP contribution in [0.25, 0.3) is 6.08 Å². The molecule has 0 fully saturated rings. The maximum atomic E-state index is 12.3. The van der Waals surface area contributed by atoms with Gasteiger partial charge in [-0.15, -0.1) is 0 Å². The molecule has 0 aromatic heterocycles. The molecule has 114 valence electrons. The fraction of sp³-hybridized carbons (Fsp3) is 0. The van der Waals surface area contributed by atoms with Gasteiger partial charge in [-0.05, 0) is 42.0 Å². The van der Waals surface area contributed by atoms with Gasteiger partial charge in [0.2, 0.25) is 0 Å². The molecular formula is C15H12BrNO4S. The summed E-state index contributed by atoms with van der Waals surface area (Å²) in [5, 5.41) is 8.60. The van der Waals surface area contributed by atoms with Crippen molar-refractivity contribution in [1.29, 1.82) is 0 Å². The van der Waals surface area contributed by atoms with Gasteiger partial charge in [0.05, 0.1) is 4.90 Å². The van der Waals surface area contributed by atoms with Gasteiger partial charge in [0, 0.05) is 16.2 Å². The lowest BCUT2D eigenvalue weighted by Gasteiger charge is -2.09. The third kappa shape index (κ3) is 4.44. The highest BCUT2D eigenvalue weighted by molar-refractivity contribution is 9.10. The molecule has 0 unspecified atom stereocenters. The van der Waals surface area contributed by atoms with Crippen molar-refractivity contribution in [2.24, 2.45) is 0 Å². The summed E-state index contributed by atoms with van der Waals surface area (Å²) in [5.41, 5.74) is 0.917. The zero-order chi connectivity index (χ0) is 16.2. The maximum Gasteiger partial charge on any atom is 0.328 e. The highest BCUT2D eigenvalue weighted by Crippen LogP contribution is 2.20. The Kier molecular flexibility index (Phi) is 4.99. The van der Waals surface area contributed by atoms with E-state index in [1.165, 1.54) is 18.2 Å². The van der Waals surface area contributed by atoms with Crippen LogP contribution in [-0.4, -0.2) is 19.5 Å². The van der Waals surface area contributed by atoms with E-state index in [-0.39, 0.29) is 4.90 Å². The predicted octanol–water partition coefficient (Wildman–Crippen LogP) is 3.35. The standard InChI is InChI=1S/C15H12BrNO4S/c16-12-4-2-5-13(10-12)17-22(20,21)14-6-1-3-11(9-14)7-8-15(18)19/h1-10,17H,(H,18,19)/b8-7+. The van der Waals surface area contributed by atoms with Crippen molar-refractivity contribution in [3.05, 3.63) is 64.6 Å². The van der Waals surface area contributed by atoms with Crippen LogP contribution in [-0.2, 0) is 14.8 Å². The molecule has 0 heterocycles. The normalized spacial score (nSPS) is 11.5. The van der Waals surface area contributed by atoms with Crippen LogP contribution in [0.2, 0.25) is 0 Å². The number of hydrogen-bond donors (Lipinski definition) is 2. The first-order valence-corrected chi connectivity index (χ1v) is 8.44. The number of sulfonamides is 1. The summed E-state index contributed by atoms with van der Waals surface area (Å²) in [6.45, 7) is 0. The van der Waals surface area contributed by atoms with Gasteiger partial charge in [-0.1, -0.05) is 34.1 Å². The van der Waals surface area contributed by atoms with Gasteiger partial charge in [0.25, 0.3) is 10.0 Å². The molecule has 0 aliphatic heterocycles. The van der Waals surface area contributed by atoms with Crippen LogP contribution in [0.5, 0.6) is 0 Å². The average Bonchev–Trinajstić information content (AvgIpc) is 2.45. The van der Waals surface area contributed by atoms with Crippen LogP contribution in [0.1, 0.15) is 5.56 Å². The van der Waals surface area contributed by atoms with Gasteiger partial charge in [0.1, 0.15) is 0 Å². The SMILES string of the molecule is O=C(O)/C=C/c1cccc(S(=O)(=O)Nc2cccc(Br)c2)c1. The minimum absolute atomic E-state index is 0.0556. The molecule has 5 nitrogen and oxygen atoms in total. The van der Waals surface area contributed by atoms with E-state index < -0.39 is 16.0 Å². The topological polar surface area (TPSA) is 83.5 Å². The molecule has 2 aromatic carbocycles. The van der Waals surface area contributed by atoms with E-state index in [1.807, 2.05) is 0 Å². The molecule has 0 bridgehead atoms. The Morgan fingerprint density at radius 3 is 2.55 bits per heavy atom. The van der Waals surface area contributed by atoms with Crippen LogP contribution in [0.4, 0.5) is 5.69 Å². The van der Waals surface area contributed by atoms with Gasteiger partial charge in [-0.3, -0.25) is 4.72 Å². The van der Waals surface area contributed by atoms with Gasteiger partial charge < -0.3 is 5.11 Å². The Balaban J connectivity index is 2.29. The summed E-state index contributed by atoms with van der Waals surface area (Å²) in [6, 6.07) is 12.8. The van der Waals surface area contributed by atoms with Crippen molar-refractivity contribution >= 4 is 43.7 Å². The number of halogens is 1. The van der Waals surface area contributed by atoms with E-state index in [9.17, 15) is 13.2 Å². The molecule has 2 aromatic rings. The summed E-state index contributed by atoms with van der Waals surface area (Å²) in [6.07, 6.45) is 2.29. The first-order valence-electron chi connectivity index (χ1n) is 6.16. The minimum atomic E-state index is -3.74. The van der Waals surface area contributed by atoms with Crippen molar-refractivity contribution < 1.29 is 18.3 Å². The molecular weight excluding hydrogens is 370 g/mol. The molecule has 0 saturated carbocycles. The Morgan fingerprint density at radius 2 is 1.86 bits per heavy atom. The van der Waals surface area contributed by atoms with Crippen molar-refractivity contribution in [2.45, 2.75) is 4.90 Å². The second kappa shape index (κ2) is 6.76. The number of carboxylic acids is 1. The highest BCUT2D eigenvalue weighted by Gasteiger charge is 2.14. The highest BCUT2D eigenvalue weighted by atomic mass is 79.9. The summed E-state index contributed by atoms with van der Waals surface area (Å²) in [7, 11) is -3.74. The Morgan fingerprint density at radius 1 is 1.14 bits per heavy atom. The molecule has 0 aliphatic carbocycles. The number of carboxylic acid groups (broad SMARTS) is 1. The third-order valence-corrected chi connectivity index (χ3v) is 4.54. The van der Waals surface area contributed by atoms with Crippen LogP contribution in [0.15, 0.2) is 64.0 Å². The van der Waals surface area contributed by atoms with E-state index in [2.05, 4.69) is 20.7 Å². The van der Waals surface area contributed by atoms with Crippen molar-refractivity contribution in [3.8, 4) is 0 Å². The second-order valence-corrected chi connectivity index (χ2v) is 6.96. The van der Waals surface area contributed by atoms with Crippen LogP contribution < -0.4 is 4.72 Å². The van der Waals surface area contributed by atoms with E-state index in [0.717, 1.165) is 10.5 Å². The van der Waals surface area contributed by atoms with Gasteiger partial charge in [0.15, 0.2) is 0 Å². The third-order valence-electron chi connectivity index (χ3n) is 2.66. The molecule has 0 atom stereocenters.